The van der Waals surface area contributed by atoms with Gasteiger partial charge in [-0.25, -0.2) is 9.78 Å². The van der Waals surface area contributed by atoms with Crippen molar-refractivity contribution in [3.8, 4) is 0 Å². The minimum atomic E-state index is -0.679. The van der Waals surface area contributed by atoms with Crippen LogP contribution < -0.4 is 5.32 Å². The average Bonchev–Trinajstić information content (AvgIpc) is 3.13. The second kappa shape index (κ2) is 6.63. The Balaban J connectivity index is 1.97. The standard InChI is InChI=1S/C12H9N3O6S/c1-20-11(17)8-6-13-12(22-8)14-9(16)4-2-7-3-5-10(21-7)15(18)19/h2-6H,1H3,(H,13,14,16)/b4-2+. The van der Waals surface area contributed by atoms with Crippen molar-refractivity contribution in [1.29, 1.82) is 0 Å². The highest BCUT2D eigenvalue weighted by Gasteiger charge is 2.12. The third-order valence-electron chi connectivity index (χ3n) is 2.31. The van der Waals surface area contributed by atoms with Gasteiger partial charge in [0.1, 0.15) is 15.6 Å². The van der Waals surface area contributed by atoms with Gasteiger partial charge in [-0.3, -0.25) is 20.2 Å². The van der Waals surface area contributed by atoms with E-state index in [1.165, 1.54) is 31.5 Å². The average molecular weight is 323 g/mol. The van der Waals surface area contributed by atoms with Crippen LogP contribution in [0.1, 0.15) is 15.4 Å². The Bertz CT molecular complexity index is 748. The van der Waals surface area contributed by atoms with Gasteiger partial charge < -0.3 is 9.15 Å². The van der Waals surface area contributed by atoms with Crippen molar-refractivity contribution in [2.45, 2.75) is 0 Å². The summed E-state index contributed by atoms with van der Waals surface area (Å²) in [6.45, 7) is 0. The zero-order valence-electron chi connectivity index (χ0n) is 11.1. The quantitative estimate of drug-likeness (QED) is 0.386. The molecular weight excluding hydrogens is 314 g/mol. The number of nitro groups is 1. The van der Waals surface area contributed by atoms with Crippen molar-refractivity contribution < 1.29 is 23.7 Å². The van der Waals surface area contributed by atoms with Gasteiger partial charge in [0.05, 0.1) is 19.4 Å². The van der Waals surface area contributed by atoms with Crippen LogP contribution in [0.2, 0.25) is 0 Å². The van der Waals surface area contributed by atoms with Crippen LogP contribution in [0.5, 0.6) is 0 Å². The fourth-order valence-corrected chi connectivity index (χ4v) is 2.10. The number of aromatic nitrogens is 1. The molecule has 0 atom stereocenters. The molecular formula is C12H9N3O6S. The minimum Gasteiger partial charge on any atom is -0.465 e. The second-order valence-electron chi connectivity index (χ2n) is 3.78. The van der Waals surface area contributed by atoms with E-state index in [0.717, 1.165) is 17.4 Å². The molecule has 0 fully saturated rings. The van der Waals surface area contributed by atoms with Crippen LogP contribution in [-0.4, -0.2) is 28.9 Å². The molecule has 0 aliphatic carbocycles. The number of nitrogens with one attached hydrogen (secondary N) is 1. The number of hydrogen-bond acceptors (Lipinski definition) is 8. The summed E-state index contributed by atoms with van der Waals surface area (Å²) in [4.78, 5) is 36.7. The lowest BCUT2D eigenvalue weighted by Gasteiger charge is -1.95. The minimum absolute atomic E-state index is 0.163. The number of ether oxygens (including phenoxy) is 1. The van der Waals surface area contributed by atoms with E-state index < -0.39 is 22.7 Å². The molecule has 2 heterocycles. The molecule has 0 spiro atoms. The summed E-state index contributed by atoms with van der Waals surface area (Å²) >= 11 is 0.959. The summed E-state index contributed by atoms with van der Waals surface area (Å²) in [5.74, 6) is -1.32. The maximum atomic E-state index is 11.7. The molecule has 1 N–H and O–H groups in total. The van der Waals surface area contributed by atoms with Crippen molar-refractivity contribution in [2.75, 3.05) is 12.4 Å². The van der Waals surface area contributed by atoms with Crippen LogP contribution >= 0.6 is 11.3 Å². The molecule has 0 unspecified atom stereocenters. The van der Waals surface area contributed by atoms with Gasteiger partial charge in [0, 0.05) is 6.08 Å². The molecule has 0 aromatic carbocycles. The zero-order chi connectivity index (χ0) is 16.1. The molecule has 0 aliphatic rings. The second-order valence-corrected chi connectivity index (χ2v) is 4.81. The Hall–Kier alpha value is -3.01. The number of nitrogens with zero attached hydrogens (tertiary/aromatic N) is 2. The highest BCUT2D eigenvalue weighted by Crippen LogP contribution is 2.19. The predicted octanol–water partition coefficient (Wildman–Crippen LogP) is 2.08. The lowest BCUT2D eigenvalue weighted by atomic mass is 10.4. The molecule has 0 bridgehead atoms. The normalized spacial score (nSPS) is 10.6. The first-order valence-electron chi connectivity index (χ1n) is 5.77. The Morgan fingerprint density at radius 2 is 2.27 bits per heavy atom. The van der Waals surface area contributed by atoms with Gasteiger partial charge in [-0.2, -0.15) is 0 Å². The van der Waals surface area contributed by atoms with Gasteiger partial charge in [-0.05, 0) is 12.1 Å². The van der Waals surface area contributed by atoms with Crippen LogP contribution in [0.3, 0.4) is 0 Å². The van der Waals surface area contributed by atoms with E-state index in [1.807, 2.05) is 0 Å². The number of carbonyl (C=O) groups is 2. The highest BCUT2D eigenvalue weighted by atomic mass is 32.1. The van der Waals surface area contributed by atoms with Crippen LogP contribution in [0.15, 0.2) is 28.8 Å². The molecule has 0 saturated carbocycles. The van der Waals surface area contributed by atoms with E-state index >= 15 is 0 Å². The van der Waals surface area contributed by atoms with E-state index in [0.29, 0.717) is 0 Å². The summed E-state index contributed by atoms with van der Waals surface area (Å²) < 4.78 is 9.37. The zero-order valence-corrected chi connectivity index (χ0v) is 12.0. The fourth-order valence-electron chi connectivity index (χ4n) is 1.36. The smallest absolute Gasteiger partial charge is 0.433 e. The van der Waals surface area contributed by atoms with Gasteiger partial charge >= 0.3 is 11.9 Å². The van der Waals surface area contributed by atoms with E-state index in [1.54, 1.807) is 0 Å². The summed E-state index contributed by atoms with van der Waals surface area (Å²) in [6, 6.07) is 2.54. The lowest BCUT2D eigenvalue weighted by molar-refractivity contribution is -0.402. The number of carbonyl (C=O) groups excluding carboxylic acids is 2. The SMILES string of the molecule is COC(=O)c1cnc(NC(=O)/C=C/c2ccc([N+](=O)[O-])o2)s1. The Morgan fingerprint density at radius 3 is 2.91 bits per heavy atom. The molecule has 0 radical (unpaired) electrons. The molecule has 1 amide bonds. The predicted molar refractivity (Wildman–Crippen MR) is 76.5 cm³/mol. The number of furan rings is 1. The van der Waals surface area contributed by atoms with Crippen molar-refractivity contribution in [2.24, 2.45) is 0 Å². The number of esters is 1. The first kappa shape index (κ1) is 15.4. The van der Waals surface area contributed by atoms with Gasteiger partial charge in [-0.1, -0.05) is 11.3 Å². The van der Waals surface area contributed by atoms with E-state index in [-0.39, 0.29) is 15.8 Å². The number of anilines is 1. The molecule has 114 valence electrons. The maximum absolute atomic E-state index is 11.7. The Labute approximate surface area is 127 Å². The molecule has 2 aromatic heterocycles. The van der Waals surface area contributed by atoms with Crippen molar-refractivity contribution in [3.63, 3.8) is 0 Å². The molecule has 0 saturated heterocycles. The summed E-state index contributed by atoms with van der Waals surface area (Å²) in [5.41, 5.74) is 0. The largest absolute Gasteiger partial charge is 0.465 e. The number of hydrogen-bond donors (Lipinski definition) is 1. The molecule has 2 rings (SSSR count). The lowest BCUT2D eigenvalue weighted by Crippen LogP contribution is -2.07. The molecule has 0 aliphatic heterocycles. The molecule has 2 aromatic rings. The van der Waals surface area contributed by atoms with Crippen LogP contribution in [-0.2, 0) is 9.53 Å². The molecule has 9 nitrogen and oxygen atoms in total. The third-order valence-corrected chi connectivity index (χ3v) is 3.21. The molecule has 10 heteroatoms. The van der Waals surface area contributed by atoms with Gasteiger partial charge in [0.25, 0.3) is 0 Å². The number of thiazole rings is 1. The highest BCUT2D eigenvalue weighted by molar-refractivity contribution is 7.17. The number of rotatable bonds is 5. The first-order valence-corrected chi connectivity index (χ1v) is 6.58. The van der Waals surface area contributed by atoms with Crippen LogP contribution in [0.25, 0.3) is 6.08 Å². The number of amides is 1. The monoisotopic (exact) mass is 323 g/mol. The van der Waals surface area contributed by atoms with Gasteiger partial charge in [-0.15, -0.1) is 0 Å². The maximum Gasteiger partial charge on any atom is 0.433 e. The third kappa shape index (κ3) is 3.76. The van der Waals surface area contributed by atoms with Crippen molar-refractivity contribution in [1.82, 2.24) is 4.98 Å². The summed E-state index contributed by atoms with van der Waals surface area (Å²) in [5, 5.41) is 13.1. The van der Waals surface area contributed by atoms with E-state index in [9.17, 15) is 19.7 Å². The number of methoxy groups -OCH3 is 1. The van der Waals surface area contributed by atoms with Gasteiger partial charge in [0.15, 0.2) is 5.13 Å². The van der Waals surface area contributed by atoms with Crippen LogP contribution in [0, 0.1) is 10.1 Å². The summed E-state index contributed by atoms with van der Waals surface area (Å²) in [7, 11) is 1.24. The topological polar surface area (TPSA) is 125 Å². The van der Waals surface area contributed by atoms with Crippen molar-refractivity contribution in [3.05, 3.63) is 45.2 Å². The molecule has 22 heavy (non-hydrogen) atoms. The first-order chi connectivity index (χ1) is 10.5. The fraction of sp³-hybridized carbons (Fsp3) is 0.0833. The Kier molecular flexibility index (Phi) is 4.63. The Morgan fingerprint density at radius 1 is 1.50 bits per heavy atom. The van der Waals surface area contributed by atoms with E-state index in [4.69, 9.17) is 4.42 Å². The van der Waals surface area contributed by atoms with Crippen LogP contribution in [0.4, 0.5) is 11.0 Å². The van der Waals surface area contributed by atoms with Crippen molar-refractivity contribution >= 4 is 40.3 Å². The van der Waals surface area contributed by atoms with Gasteiger partial charge in [0.2, 0.25) is 5.91 Å². The summed E-state index contributed by atoms with van der Waals surface area (Å²) in [6.07, 6.45) is 3.69. The van der Waals surface area contributed by atoms with E-state index in [2.05, 4.69) is 15.0 Å².